The van der Waals surface area contributed by atoms with Crippen LogP contribution in [-0.4, -0.2) is 29.5 Å². The average Bonchev–Trinajstić information content (AvgIpc) is 2.32. The highest BCUT2D eigenvalue weighted by Crippen LogP contribution is 2.13. The van der Waals surface area contributed by atoms with Gasteiger partial charge in [-0.3, -0.25) is 4.79 Å². The van der Waals surface area contributed by atoms with E-state index >= 15 is 0 Å². The maximum absolute atomic E-state index is 11.3. The summed E-state index contributed by atoms with van der Waals surface area (Å²) >= 11 is 0. The summed E-state index contributed by atoms with van der Waals surface area (Å²) in [5.74, 6) is -0.132. The second-order valence-electron chi connectivity index (χ2n) is 2.94. The number of cyclic esters (lactones) is 1. The van der Waals surface area contributed by atoms with Gasteiger partial charge in [-0.15, -0.1) is 0 Å². The van der Waals surface area contributed by atoms with Crippen molar-refractivity contribution in [2.45, 2.75) is 32.7 Å². The fraction of sp³-hybridized carbons (Fsp3) is 0.750. The number of carbonyl (C=O) groups excluding carboxylic acids is 2. The van der Waals surface area contributed by atoms with Crippen LogP contribution in [0.4, 0.5) is 4.79 Å². The van der Waals surface area contributed by atoms with Crippen molar-refractivity contribution >= 4 is 12.0 Å². The van der Waals surface area contributed by atoms with Crippen LogP contribution in [0.15, 0.2) is 0 Å². The van der Waals surface area contributed by atoms with E-state index in [0.717, 1.165) is 6.42 Å². The minimum Gasteiger partial charge on any atom is -0.447 e. The van der Waals surface area contributed by atoms with Crippen LogP contribution < -0.4 is 0 Å². The third-order valence-corrected chi connectivity index (χ3v) is 1.82. The van der Waals surface area contributed by atoms with E-state index < -0.39 is 6.09 Å². The summed E-state index contributed by atoms with van der Waals surface area (Å²) in [6, 6.07) is -0.100. The smallest absolute Gasteiger partial charge is 0.416 e. The van der Waals surface area contributed by atoms with E-state index in [1.54, 1.807) is 6.92 Å². The van der Waals surface area contributed by atoms with E-state index in [0.29, 0.717) is 13.0 Å². The molecule has 12 heavy (non-hydrogen) atoms. The Hall–Kier alpha value is -1.06. The molecule has 68 valence electrons. The zero-order chi connectivity index (χ0) is 9.14. The van der Waals surface area contributed by atoms with Crippen molar-refractivity contribution in [2.24, 2.45) is 0 Å². The van der Waals surface area contributed by atoms with Crippen LogP contribution in [0.1, 0.15) is 26.7 Å². The van der Waals surface area contributed by atoms with Gasteiger partial charge < -0.3 is 4.74 Å². The van der Waals surface area contributed by atoms with Crippen LogP contribution in [0.2, 0.25) is 0 Å². The molecule has 0 saturated carbocycles. The third-order valence-electron chi connectivity index (χ3n) is 1.82. The van der Waals surface area contributed by atoms with Crippen LogP contribution in [0, 0.1) is 0 Å². The molecule has 0 spiro atoms. The van der Waals surface area contributed by atoms with Crippen LogP contribution >= 0.6 is 0 Å². The Morgan fingerprint density at radius 3 is 2.83 bits per heavy atom. The van der Waals surface area contributed by atoms with Crippen molar-refractivity contribution in [3.63, 3.8) is 0 Å². The summed E-state index contributed by atoms with van der Waals surface area (Å²) in [5, 5.41) is 0. The SMILES string of the molecule is CCCC(=O)N1C(=O)OC[C@@H]1C. The Balaban J connectivity index is 2.59. The summed E-state index contributed by atoms with van der Waals surface area (Å²) in [7, 11) is 0. The van der Waals surface area contributed by atoms with Gasteiger partial charge in [-0.05, 0) is 13.3 Å². The van der Waals surface area contributed by atoms with Crippen molar-refractivity contribution in [3.05, 3.63) is 0 Å². The molecule has 1 aliphatic heterocycles. The minimum atomic E-state index is -0.499. The molecule has 1 aliphatic rings. The molecular formula is C8H13NO3. The normalized spacial score (nSPS) is 22.7. The number of carbonyl (C=O) groups is 2. The van der Waals surface area contributed by atoms with E-state index in [9.17, 15) is 9.59 Å². The molecule has 4 nitrogen and oxygen atoms in total. The fourth-order valence-electron chi connectivity index (χ4n) is 1.20. The van der Waals surface area contributed by atoms with Crippen LogP contribution in [0.25, 0.3) is 0 Å². The summed E-state index contributed by atoms with van der Waals surface area (Å²) in [6.45, 7) is 4.04. The molecule has 1 saturated heterocycles. The second kappa shape index (κ2) is 3.56. The summed E-state index contributed by atoms with van der Waals surface area (Å²) < 4.78 is 4.71. The topological polar surface area (TPSA) is 46.6 Å². The van der Waals surface area contributed by atoms with E-state index in [-0.39, 0.29) is 11.9 Å². The Morgan fingerprint density at radius 1 is 1.75 bits per heavy atom. The average molecular weight is 171 g/mol. The molecular weight excluding hydrogens is 158 g/mol. The molecule has 1 rings (SSSR count). The molecule has 0 N–H and O–H groups in total. The van der Waals surface area contributed by atoms with Gasteiger partial charge in [0.15, 0.2) is 0 Å². The lowest BCUT2D eigenvalue weighted by Crippen LogP contribution is -2.36. The predicted octanol–water partition coefficient (Wildman–Crippen LogP) is 1.15. The Labute approximate surface area is 71.5 Å². The Bertz CT molecular complexity index is 202. The lowest BCUT2D eigenvalue weighted by molar-refractivity contribution is -0.128. The number of imide groups is 1. The van der Waals surface area contributed by atoms with Gasteiger partial charge in [0, 0.05) is 6.42 Å². The van der Waals surface area contributed by atoms with Gasteiger partial charge in [-0.25, -0.2) is 9.69 Å². The number of ether oxygens (including phenoxy) is 1. The molecule has 0 bridgehead atoms. The second-order valence-corrected chi connectivity index (χ2v) is 2.94. The van der Waals surface area contributed by atoms with E-state index in [1.807, 2.05) is 6.92 Å². The maximum Gasteiger partial charge on any atom is 0.416 e. The molecule has 0 aromatic carbocycles. The standard InChI is InChI=1S/C8H13NO3/c1-3-4-7(10)9-6(2)5-12-8(9)11/h6H,3-5H2,1-2H3/t6-/m0/s1. The summed E-state index contributed by atoms with van der Waals surface area (Å²) in [4.78, 5) is 23.5. The number of hydrogen-bond acceptors (Lipinski definition) is 3. The molecule has 4 heteroatoms. The van der Waals surface area contributed by atoms with E-state index in [1.165, 1.54) is 4.90 Å². The molecule has 0 radical (unpaired) electrons. The van der Waals surface area contributed by atoms with Crippen molar-refractivity contribution in [2.75, 3.05) is 6.61 Å². The van der Waals surface area contributed by atoms with Gasteiger partial charge in [0.05, 0.1) is 6.04 Å². The summed E-state index contributed by atoms with van der Waals surface area (Å²) in [6.07, 6.45) is 0.676. The summed E-state index contributed by atoms with van der Waals surface area (Å²) in [5.41, 5.74) is 0. The minimum absolute atomic E-state index is 0.100. The monoisotopic (exact) mass is 171 g/mol. The number of rotatable bonds is 2. The molecule has 0 unspecified atom stereocenters. The Kier molecular flexibility index (Phi) is 2.68. The lowest BCUT2D eigenvalue weighted by Gasteiger charge is -2.14. The van der Waals surface area contributed by atoms with Gasteiger partial charge >= 0.3 is 6.09 Å². The van der Waals surface area contributed by atoms with Gasteiger partial charge in [0.25, 0.3) is 0 Å². The van der Waals surface area contributed by atoms with Crippen LogP contribution in [-0.2, 0) is 9.53 Å². The van der Waals surface area contributed by atoms with Crippen molar-refractivity contribution in [1.82, 2.24) is 4.90 Å². The quantitative estimate of drug-likeness (QED) is 0.626. The number of amides is 2. The molecule has 0 aromatic heterocycles. The number of hydrogen-bond donors (Lipinski definition) is 0. The van der Waals surface area contributed by atoms with Crippen LogP contribution in [0.5, 0.6) is 0 Å². The third kappa shape index (κ3) is 1.57. The lowest BCUT2D eigenvalue weighted by atomic mass is 10.2. The zero-order valence-corrected chi connectivity index (χ0v) is 7.37. The highest BCUT2D eigenvalue weighted by Gasteiger charge is 2.33. The first-order valence-corrected chi connectivity index (χ1v) is 4.15. The van der Waals surface area contributed by atoms with E-state index in [4.69, 9.17) is 4.74 Å². The largest absolute Gasteiger partial charge is 0.447 e. The molecule has 1 atom stereocenters. The van der Waals surface area contributed by atoms with Crippen molar-refractivity contribution < 1.29 is 14.3 Å². The van der Waals surface area contributed by atoms with Gasteiger partial charge in [0.1, 0.15) is 6.61 Å². The highest BCUT2D eigenvalue weighted by atomic mass is 16.6. The first kappa shape index (κ1) is 9.03. The molecule has 0 aliphatic carbocycles. The maximum atomic E-state index is 11.3. The zero-order valence-electron chi connectivity index (χ0n) is 7.37. The predicted molar refractivity (Wildman–Crippen MR) is 42.6 cm³/mol. The van der Waals surface area contributed by atoms with Gasteiger partial charge in [-0.1, -0.05) is 6.92 Å². The van der Waals surface area contributed by atoms with Crippen LogP contribution in [0.3, 0.4) is 0 Å². The number of nitrogens with zero attached hydrogens (tertiary/aromatic N) is 1. The van der Waals surface area contributed by atoms with Gasteiger partial charge in [-0.2, -0.15) is 0 Å². The molecule has 2 amide bonds. The first-order chi connectivity index (χ1) is 5.66. The van der Waals surface area contributed by atoms with Gasteiger partial charge in [0.2, 0.25) is 5.91 Å². The van der Waals surface area contributed by atoms with Crippen molar-refractivity contribution in [1.29, 1.82) is 0 Å². The molecule has 1 fully saturated rings. The highest BCUT2D eigenvalue weighted by molar-refractivity contribution is 5.93. The van der Waals surface area contributed by atoms with E-state index in [2.05, 4.69) is 0 Å². The fourth-order valence-corrected chi connectivity index (χ4v) is 1.20. The molecule has 0 aromatic rings. The first-order valence-electron chi connectivity index (χ1n) is 4.15. The molecule has 1 heterocycles. The Morgan fingerprint density at radius 2 is 2.42 bits per heavy atom. The van der Waals surface area contributed by atoms with Crippen molar-refractivity contribution in [3.8, 4) is 0 Å².